The van der Waals surface area contributed by atoms with Crippen molar-refractivity contribution in [1.82, 2.24) is 5.32 Å². The molecule has 0 aliphatic heterocycles. The van der Waals surface area contributed by atoms with Gasteiger partial charge in [-0.1, -0.05) is 6.07 Å². The van der Waals surface area contributed by atoms with E-state index in [1.165, 1.54) is 6.07 Å². The van der Waals surface area contributed by atoms with Crippen LogP contribution < -0.4 is 5.32 Å². The molecule has 0 aliphatic carbocycles. The molecule has 1 rings (SSSR count). The molecule has 94 valence electrons. The summed E-state index contributed by atoms with van der Waals surface area (Å²) in [6, 6.07) is 3.51. The third-order valence-electron chi connectivity index (χ3n) is 2.29. The second-order valence-electron chi connectivity index (χ2n) is 3.71. The van der Waals surface area contributed by atoms with Gasteiger partial charge in [0.15, 0.2) is 11.6 Å². The molecule has 0 aliphatic rings. The predicted octanol–water partition coefficient (Wildman–Crippen LogP) is 1.74. The molecular formula is C12H15F2NO2. The molecule has 0 atom stereocenters. The van der Waals surface area contributed by atoms with Gasteiger partial charge in [-0.3, -0.25) is 4.79 Å². The van der Waals surface area contributed by atoms with Gasteiger partial charge in [0, 0.05) is 19.6 Å². The third-order valence-corrected chi connectivity index (χ3v) is 2.29. The Morgan fingerprint density at radius 1 is 1.24 bits per heavy atom. The zero-order valence-electron chi connectivity index (χ0n) is 9.38. The van der Waals surface area contributed by atoms with Crippen molar-refractivity contribution in [3.05, 3.63) is 35.4 Å². The molecule has 5 heteroatoms. The number of rotatable bonds is 6. The standard InChI is InChI=1S/C12H15F2NO2/c13-10-5-4-9(7-11(10)14)8-15-12(17)3-1-2-6-16/h4-5,7,16H,1-3,6,8H2,(H,15,17). The highest BCUT2D eigenvalue weighted by atomic mass is 19.2. The Hall–Kier alpha value is -1.49. The molecule has 1 aromatic carbocycles. The summed E-state index contributed by atoms with van der Waals surface area (Å²) in [6.07, 6.45) is 1.52. The van der Waals surface area contributed by atoms with Crippen LogP contribution in [0.15, 0.2) is 18.2 Å². The van der Waals surface area contributed by atoms with Gasteiger partial charge < -0.3 is 10.4 Å². The van der Waals surface area contributed by atoms with Crippen molar-refractivity contribution >= 4 is 5.91 Å². The summed E-state index contributed by atoms with van der Waals surface area (Å²) in [4.78, 5) is 11.3. The van der Waals surface area contributed by atoms with Crippen LogP contribution in [0.1, 0.15) is 24.8 Å². The predicted molar refractivity (Wildman–Crippen MR) is 59.1 cm³/mol. The van der Waals surface area contributed by atoms with Crippen LogP contribution in [-0.4, -0.2) is 17.6 Å². The number of amides is 1. The number of aliphatic hydroxyl groups excluding tert-OH is 1. The number of carbonyl (C=O) groups excluding carboxylic acids is 1. The minimum atomic E-state index is -0.919. The maximum Gasteiger partial charge on any atom is 0.220 e. The van der Waals surface area contributed by atoms with Crippen LogP contribution in [0.3, 0.4) is 0 Å². The fourth-order valence-corrected chi connectivity index (χ4v) is 1.34. The third kappa shape index (κ3) is 4.91. The average molecular weight is 243 g/mol. The van der Waals surface area contributed by atoms with Gasteiger partial charge in [-0.05, 0) is 30.5 Å². The van der Waals surface area contributed by atoms with Crippen LogP contribution in [0.25, 0.3) is 0 Å². The molecule has 0 fully saturated rings. The molecule has 1 aromatic rings. The Bertz CT molecular complexity index is 383. The summed E-state index contributed by atoms with van der Waals surface area (Å²) >= 11 is 0. The Labute approximate surface area is 98.5 Å². The molecule has 0 saturated heterocycles. The van der Waals surface area contributed by atoms with E-state index in [4.69, 9.17) is 5.11 Å². The summed E-state index contributed by atoms with van der Waals surface area (Å²) in [6.45, 7) is 0.242. The lowest BCUT2D eigenvalue weighted by Crippen LogP contribution is -2.22. The molecule has 0 unspecified atom stereocenters. The van der Waals surface area contributed by atoms with Gasteiger partial charge in [-0.25, -0.2) is 8.78 Å². The zero-order chi connectivity index (χ0) is 12.7. The lowest BCUT2D eigenvalue weighted by atomic mass is 10.2. The molecule has 0 bridgehead atoms. The van der Waals surface area contributed by atoms with Gasteiger partial charge >= 0.3 is 0 Å². The summed E-state index contributed by atoms with van der Waals surface area (Å²) in [5.74, 6) is -1.98. The number of nitrogens with one attached hydrogen (secondary N) is 1. The second-order valence-corrected chi connectivity index (χ2v) is 3.71. The Morgan fingerprint density at radius 3 is 2.65 bits per heavy atom. The number of benzene rings is 1. The first-order valence-electron chi connectivity index (χ1n) is 5.45. The number of hydrogen-bond acceptors (Lipinski definition) is 2. The molecule has 1 amide bonds. The van der Waals surface area contributed by atoms with Gasteiger partial charge in [-0.15, -0.1) is 0 Å². The van der Waals surface area contributed by atoms with Gasteiger partial charge in [0.2, 0.25) is 5.91 Å². The van der Waals surface area contributed by atoms with E-state index in [0.29, 0.717) is 24.8 Å². The first-order chi connectivity index (χ1) is 8.13. The highest BCUT2D eigenvalue weighted by molar-refractivity contribution is 5.75. The first kappa shape index (κ1) is 13.6. The van der Waals surface area contributed by atoms with E-state index in [2.05, 4.69) is 5.32 Å². The molecule has 3 nitrogen and oxygen atoms in total. The summed E-state index contributed by atoms with van der Waals surface area (Å²) in [5, 5.41) is 11.1. The molecule has 0 radical (unpaired) electrons. The first-order valence-corrected chi connectivity index (χ1v) is 5.45. The zero-order valence-corrected chi connectivity index (χ0v) is 9.38. The maximum absolute atomic E-state index is 12.8. The second kappa shape index (κ2) is 6.96. The van der Waals surface area contributed by atoms with E-state index in [1.54, 1.807) is 0 Å². The normalized spacial score (nSPS) is 10.3. The van der Waals surface area contributed by atoms with Gasteiger partial charge in [0.05, 0.1) is 0 Å². The van der Waals surface area contributed by atoms with Crippen LogP contribution in [-0.2, 0) is 11.3 Å². The van der Waals surface area contributed by atoms with Crippen molar-refractivity contribution in [1.29, 1.82) is 0 Å². The van der Waals surface area contributed by atoms with Gasteiger partial charge in [-0.2, -0.15) is 0 Å². The Morgan fingerprint density at radius 2 is 2.00 bits per heavy atom. The van der Waals surface area contributed by atoms with Crippen molar-refractivity contribution in [2.45, 2.75) is 25.8 Å². The van der Waals surface area contributed by atoms with Gasteiger partial charge in [0.1, 0.15) is 0 Å². The number of carbonyl (C=O) groups is 1. The van der Waals surface area contributed by atoms with Crippen LogP contribution in [0, 0.1) is 11.6 Å². The van der Waals surface area contributed by atoms with E-state index in [9.17, 15) is 13.6 Å². The smallest absolute Gasteiger partial charge is 0.220 e. The van der Waals surface area contributed by atoms with E-state index >= 15 is 0 Å². The number of unbranched alkanes of at least 4 members (excludes halogenated alkanes) is 1. The van der Waals surface area contributed by atoms with Crippen LogP contribution in [0.4, 0.5) is 8.78 Å². The minimum absolute atomic E-state index is 0.0659. The fraction of sp³-hybridized carbons (Fsp3) is 0.417. The van der Waals surface area contributed by atoms with Crippen LogP contribution in [0.2, 0.25) is 0 Å². The molecule has 2 N–H and O–H groups in total. The van der Waals surface area contributed by atoms with Crippen molar-refractivity contribution in [3.8, 4) is 0 Å². The number of halogens is 2. The highest BCUT2D eigenvalue weighted by Crippen LogP contribution is 2.08. The van der Waals surface area contributed by atoms with Gasteiger partial charge in [0.25, 0.3) is 0 Å². The van der Waals surface area contributed by atoms with Crippen molar-refractivity contribution in [3.63, 3.8) is 0 Å². The monoisotopic (exact) mass is 243 g/mol. The summed E-state index contributed by atoms with van der Waals surface area (Å²) in [7, 11) is 0. The van der Waals surface area contributed by atoms with E-state index in [0.717, 1.165) is 12.1 Å². The number of aliphatic hydroxyl groups is 1. The summed E-state index contributed by atoms with van der Waals surface area (Å²) < 4.78 is 25.5. The molecule has 0 heterocycles. The van der Waals surface area contributed by atoms with Crippen molar-refractivity contribution in [2.75, 3.05) is 6.61 Å². The average Bonchev–Trinajstić information content (AvgIpc) is 2.31. The SMILES string of the molecule is O=C(CCCCO)NCc1ccc(F)c(F)c1. The quantitative estimate of drug-likeness (QED) is 0.748. The van der Waals surface area contributed by atoms with Crippen LogP contribution in [0.5, 0.6) is 0 Å². The molecule has 0 spiro atoms. The van der Waals surface area contributed by atoms with E-state index in [1.807, 2.05) is 0 Å². The lowest BCUT2D eigenvalue weighted by molar-refractivity contribution is -0.121. The van der Waals surface area contributed by atoms with Crippen molar-refractivity contribution in [2.24, 2.45) is 0 Å². The summed E-state index contributed by atoms with van der Waals surface area (Å²) in [5.41, 5.74) is 0.513. The van der Waals surface area contributed by atoms with E-state index < -0.39 is 11.6 Å². The van der Waals surface area contributed by atoms with Crippen molar-refractivity contribution < 1.29 is 18.7 Å². The minimum Gasteiger partial charge on any atom is -0.396 e. The number of hydrogen-bond donors (Lipinski definition) is 2. The highest BCUT2D eigenvalue weighted by Gasteiger charge is 2.04. The largest absolute Gasteiger partial charge is 0.396 e. The van der Waals surface area contributed by atoms with Crippen LogP contribution >= 0.6 is 0 Å². The van der Waals surface area contributed by atoms with E-state index in [-0.39, 0.29) is 19.1 Å². The molecular weight excluding hydrogens is 228 g/mol. The molecule has 17 heavy (non-hydrogen) atoms. The lowest BCUT2D eigenvalue weighted by Gasteiger charge is -2.05. The fourth-order valence-electron chi connectivity index (χ4n) is 1.34. The Kier molecular flexibility index (Phi) is 5.56. The molecule has 0 saturated carbocycles. The Balaban J connectivity index is 2.34. The maximum atomic E-state index is 12.8. The topological polar surface area (TPSA) is 49.3 Å². The molecule has 0 aromatic heterocycles.